The van der Waals surface area contributed by atoms with E-state index in [-0.39, 0.29) is 48.9 Å². The summed E-state index contributed by atoms with van der Waals surface area (Å²) in [5, 5.41) is 0. The number of hydrogen-bond donors (Lipinski definition) is 2. The van der Waals surface area contributed by atoms with E-state index in [4.69, 9.17) is 9.69 Å². The monoisotopic (exact) mass is 372 g/mol. The third kappa shape index (κ3) is 5.46. The molecule has 5 nitrogen and oxygen atoms in total. The van der Waals surface area contributed by atoms with E-state index in [1.54, 1.807) is 30.3 Å². The van der Waals surface area contributed by atoms with E-state index in [0.29, 0.717) is 5.56 Å². The Balaban J connectivity index is 0.00000196. The maximum absolute atomic E-state index is 10.9. The van der Waals surface area contributed by atoms with E-state index in [9.17, 15) is 9.03 Å². The van der Waals surface area contributed by atoms with Crippen molar-refractivity contribution in [2.24, 2.45) is 0 Å². The summed E-state index contributed by atoms with van der Waals surface area (Å²) in [6.45, 7) is 0. The average Bonchev–Trinajstić information content (AvgIpc) is 2.15. The van der Waals surface area contributed by atoms with Crippen LogP contribution in [0.15, 0.2) is 30.3 Å². The minimum atomic E-state index is -3.21. The fourth-order valence-electron chi connectivity index (χ4n) is 0.990. The molecule has 0 saturated heterocycles. The second-order valence-corrected chi connectivity index (χ2v) is 4.48. The quantitative estimate of drug-likeness (QED) is 0.559. The summed E-state index contributed by atoms with van der Waals surface area (Å²) in [6.07, 6.45) is 0. The molecule has 15 heavy (non-hydrogen) atoms. The first-order valence-electron chi connectivity index (χ1n) is 3.78. The summed E-state index contributed by atoms with van der Waals surface area (Å²) in [7, 11) is -6.24. The summed E-state index contributed by atoms with van der Waals surface area (Å²) in [4.78, 5) is 17.4. The molecule has 1 rings (SSSR count). The summed E-state index contributed by atoms with van der Waals surface area (Å²) in [5.41, 5.74) is 0.422. The second kappa shape index (κ2) is 7.80. The van der Waals surface area contributed by atoms with Gasteiger partial charge in [0.2, 0.25) is 8.03 Å². The zero-order chi connectivity index (χ0) is 10.6. The molecule has 2 N–H and O–H groups in total. The Labute approximate surface area is 129 Å². The molecule has 0 radical (unpaired) electrons. The third-order valence-corrected chi connectivity index (χ3v) is 3.12. The van der Waals surface area contributed by atoms with Crippen LogP contribution in [0, 0.1) is 0 Å². The van der Waals surface area contributed by atoms with Gasteiger partial charge in [0.15, 0.2) is 5.85 Å². The number of benzene rings is 1. The van der Waals surface area contributed by atoms with Crippen LogP contribution in [-0.4, -0.2) is 67.7 Å². The molecule has 80 valence electrons. The molecule has 0 aliphatic rings. The van der Waals surface area contributed by atoms with Crippen LogP contribution >= 0.6 is 8.03 Å². The average molecular weight is 372 g/mol. The van der Waals surface area contributed by atoms with E-state index in [1.165, 1.54) is 0 Å². The first kappa shape index (κ1) is 15.6. The molecule has 0 spiro atoms. The van der Waals surface area contributed by atoms with Crippen LogP contribution in [0.25, 0.3) is 0 Å². The van der Waals surface area contributed by atoms with Crippen LogP contribution in [0.5, 0.6) is 0 Å². The van der Waals surface area contributed by atoms with Gasteiger partial charge in [0.05, 0.1) is 0 Å². The van der Waals surface area contributed by atoms with E-state index in [2.05, 4.69) is 4.43 Å². The van der Waals surface area contributed by atoms with Crippen molar-refractivity contribution in [3.8, 4) is 0 Å². The zero-order valence-corrected chi connectivity index (χ0v) is 9.08. The summed E-state index contributed by atoms with van der Waals surface area (Å²) < 4.78 is 25.8. The van der Waals surface area contributed by atoms with Gasteiger partial charge in [-0.25, -0.2) is 0 Å². The normalized spacial score (nSPS) is 13.4. The van der Waals surface area contributed by atoms with Crippen LogP contribution in [0.1, 0.15) is 11.4 Å². The summed E-state index contributed by atoms with van der Waals surface area (Å²) in [5.74, 6) is -1.20. The van der Waals surface area contributed by atoms with Crippen molar-refractivity contribution in [1.29, 1.82) is 0 Å². The van der Waals surface area contributed by atoms with Gasteiger partial charge < -0.3 is 14.1 Å². The fraction of sp³-hybridized carbons (Fsp3) is 0.143. The Bertz CT molecular complexity index is 346. The Hall–Kier alpha value is 0.598. The van der Waals surface area contributed by atoms with Crippen molar-refractivity contribution in [3.05, 3.63) is 35.9 Å². The summed E-state index contributed by atoms with van der Waals surface area (Å²) >= 11 is 0. The molecule has 0 fully saturated rings. The Morgan fingerprint density at radius 3 is 2.27 bits per heavy atom. The van der Waals surface area contributed by atoms with Crippen molar-refractivity contribution in [1.82, 2.24) is 0 Å². The molecule has 0 amide bonds. The molecule has 0 aromatic heterocycles. The van der Waals surface area contributed by atoms with E-state index in [0.717, 1.165) is 0 Å². The molecule has 1 aromatic carbocycles. The van der Waals surface area contributed by atoms with Crippen LogP contribution in [0.2, 0.25) is 0 Å². The molecule has 0 aliphatic carbocycles. The predicted molar refractivity (Wildman–Crippen MR) is 58.7 cm³/mol. The molecule has 0 saturated carbocycles. The van der Waals surface area contributed by atoms with Gasteiger partial charge in [0.25, 0.3) is 0 Å². The Morgan fingerprint density at radius 2 is 1.87 bits per heavy atom. The topological polar surface area (TPSA) is 83.8 Å². The molecular formula is C7H11BaO5PSi. The van der Waals surface area contributed by atoms with Gasteiger partial charge in [-0.15, -0.1) is 0 Å². The van der Waals surface area contributed by atoms with Gasteiger partial charge in [-0.2, -0.15) is 0 Å². The zero-order valence-electron chi connectivity index (χ0n) is 7.08. The van der Waals surface area contributed by atoms with Crippen molar-refractivity contribution >= 4 is 66.1 Å². The van der Waals surface area contributed by atoms with Crippen LogP contribution in [-0.2, 0) is 13.5 Å². The molecular weight excluding hydrogens is 360 g/mol. The third-order valence-electron chi connectivity index (χ3n) is 1.55. The van der Waals surface area contributed by atoms with Crippen molar-refractivity contribution < 1.29 is 23.1 Å². The van der Waals surface area contributed by atoms with Gasteiger partial charge in [-0.05, 0) is 0 Å². The second-order valence-electron chi connectivity index (χ2n) is 2.51. The standard InChI is InChI=1S/C7H9O5PSi.Ba.2H/c8-13(9)7(12-14(10)11)6-4-2-1-3-5-6;;;/h1-5,7,10,13H,(H,8,9);;;. The SMILES string of the molecule is O=[Si](O)OC(c1ccccc1)[PH](=O)O.[BaH2]. The Kier molecular flexibility index (Phi) is 8.12. The predicted octanol–water partition coefficient (Wildman–Crippen LogP) is -0.340. The molecule has 0 aliphatic heterocycles. The van der Waals surface area contributed by atoms with Gasteiger partial charge >= 0.3 is 58.1 Å². The fourth-order valence-corrected chi connectivity index (χ4v) is 2.51. The number of rotatable bonds is 4. The molecule has 8 heteroatoms. The molecule has 2 atom stereocenters. The molecule has 1 aromatic rings. The van der Waals surface area contributed by atoms with Crippen LogP contribution in [0.4, 0.5) is 0 Å². The van der Waals surface area contributed by atoms with Crippen molar-refractivity contribution in [2.75, 3.05) is 0 Å². The van der Waals surface area contributed by atoms with Gasteiger partial charge in [0.1, 0.15) is 0 Å². The first-order chi connectivity index (χ1) is 6.61. The first-order valence-corrected chi connectivity index (χ1v) is 6.48. The van der Waals surface area contributed by atoms with E-state index >= 15 is 0 Å². The van der Waals surface area contributed by atoms with Gasteiger partial charge in [-0.3, -0.25) is 9.03 Å². The van der Waals surface area contributed by atoms with E-state index in [1.807, 2.05) is 0 Å². The number of hydrogen-bond acceptors (Lipinski definition) is 3. The Morgan fingerprint density at radius 1 is 1.33 bits per heavy atom. The molecule has 2 unspecified atom stereocenters. The van der Waals surface area contributed by atoms with Crippen molar-refractivity contribution in [2.45, 2.75) is 5.85 Å². The van der Waals surface area contributed by atoms with Crippen molar-refractivity contribution in [3.63, 3.8) is 0 Å². The van der Waals surface area contributed by atoms with Gasteiger partial charge in [0, 0.05) is 5.56 Å². The molecule has 0 bridgehead atoms. The van der Waals surface area contributed by atoms with Gasteiger partial charge in [-0.1, -0.05) is 30.3 Å². The molecule has 0 heterocycles. The van der Waals surface area contributed by atoms with Crippen LogP contribution in [0.3, 0.4) is 0 Å². The summed E-state index contributed by atoms with van der Waals surface area (Å²) in [6, 6.07) is 8.18. The van der Waals surface area contributed by atoms with E-state index < -0.39 is 23.0 Å². The maximum atomic E-state index is 10.9. The minimum absolute atomic E-state index is 0. The van der Waals surface area contributed by atoms with Crippen LogP contribution < -0.4 is 0 Å².